The maximum absolute atomic E-state index is 12.4. The van der Waals surface area contributed by atoms with Gasteiger partial charge in [0.15, 0.2) is 29.9 Å². The van der Waals surface area contributed by atoms with Gasteiger partial charge in [0.25, 0.3) is 11.8 Å². The van der Waals surface area contributed by atoms with Gasteiger partial charge in [-0.2, -0.15) is 0 Å². The van der Waals surface area contributed by atoms with Crippen LogP contribution in [0.5, 0.6) is 17.2 Å². The highest BCUT2D eigenvalue weighted by molar-refractivity contribution is 6.32. The summed E-state index contributed by atoms with van der Waals surface area (Å²) in [7, 11) is 2.89. The second-order valence-corrected chi connectivity index (χ2v) is 7.23. The van der Waals surface area contributed by atoms with Crippen molar-refractivity contribution in [2.75, 3.05) is 38.1 Å². The molecule has 0 aliphatic carbocycles. The Morgan fingerprint density at radius 3 is 2.26 bits per heavy atom. The average molecular weight is 500 g/mol. The van der Waals surface area contributed by atoms with E-state index < -0.39 is 24.4 Å². The first-order chi connectivity index (χ1) is 16.9. The highest BCUT2D eigenvalue weighted by atomic mass is 35.5. The molecule has 1 heterocycles. The number of carbonyl (C=O) groups is 3. The smallest absolute Gasteiger partial charge is 0.338 e. The summed E-state index contributed by atoms with van der Waals surface area (Å²) in [6.45, 7) is -0.844. The lowest BCUT2D eigenvalue weighted by atomic mass is 10.2. The average Bonchev–Trinajstić information content (AvgIpc) is 2.87. The monoisotopic (exact) mass is 499 g/mol. The van der Waals surface area contributed by atoms with Crippen molar-refractivity contribution in [1.82, 2.24) is 4.98 Å². The number of anilines is 2. The first kappa shape index (κ1) is 25.3. The molecule has 2 aromatic carbocycles. The number of carbonyl (C=O) groups excluding carboxylic acids is 3. The molecule has 3 rings (SSSR count). The minimum atomic E-state index is -0.754. The normalized spacial score (nSPS) is 10.1. The minimum absolute atomic E-state index is 0.115. The first-order valence-electron chi connectivity index (χ1n) is 10.2. The third-order valence-electron chi connectivity index (χ3n) is 4.51. The van der Waals surface area contributed by atoms with E-state index in [9.17, 15) is 14.4 Å². The van der Waals surface area contributed by atoms with Gasteiger partial charge in [0.05, 0.1) is 31.2 Å². The Morgan fingerprint density at radius 1 is 0.829 bits per heavy atom. The highest BCUT2D eigenvalue weighted by Crippen LogP contribution is 2.29. The number of nitrogens with zero attached hydrogens (tertiary/aromatic N) is 1. The second kappa shape index (κ2) is 12.2. The van der Waals surface area contributed by atoms with Crippen LogP contribution in [0.2, 0.25) is 5.15 Å². The van der Waals surface area contributed by atoms with Crippen LogP contribution >= 0.6 is 11.6 Å². The van der Waals surface area contributed by atoms with E-state index >= 15 is 0 Å². The molecule has 3 aromatic rings. The molecular weight excluding hydrogens is 478 g/mol. The molecule has 0 saturated heterocycles. The topological polar surface area (TPSA) is 125 Å². The zero-order chi connectivity index (χ0) is 25.2. The number of halogens is 1. The van der Waals surface area contributed by atoms with Gasteiger partial charge in [0, 0.05) is 6.20 Å². The van der Waals surface area contributed by atoms with Gasteiger partial charge < -0.3 is 29.6 Å². The number of hydrogen-bond donors (Lipinski definition) is 2. The van der Waals surface area contributed by atoms with Gasteiger partial charge in [0.2, 0.25) is 0 Å². The number of rotatable bonds is 10. The standard InChI is InChI=1S/C24H22ClN3O7/c1-32-18-8-4-3-6-16(18)27-21(29)13-34-19-10-9-15(12-20(19)33-2)24(31)35-14-22(30)28-17-7-5-11-26-23(17)25/h3-12H,13-14H2,1-2H3,(H,27,29)(H,28,30). The molecule has 0 radical (unpaired) electrons. The van der Waals surface area contributed by atoms with E-state index in [1.807, 2.05) is 0 Å². The van der Waals surface area contributed by atoms with Crippen LogP contribution in [0.25, 0.3) is 0 Å². The van der Waals surface area contributed by atoms with Crippen LogP contribution in [0, 0.1) is 0 Å². The van der Waals surface area contributed by atoms with Crippen molar-refractivity contribution < 1.29 is 33.3 Å². The van der Waals surface area contributed by atoms with E-state index in [1.165, 1.54) is 38.6 Å². The Bertz CT molecular complexity index is 1220. The van der Waals surface area contributed by atoms with Crippen molar-refractivity contribution >= 4 is 40.8 Å². The lowest BCUT2D eigenvalue weighted by Crippen LogP contribution is -2.21. The Labute approximate surface area is 206 Å². The SMILES string of the molecule is COc1ccccc1NC(=O)COc1ccc(C(=O)OCC(=O)Nc2cccnc2Cl)cc1OC. The highest BCUT2D eigenvalue weighted by Gasteiger charge is 2.16. The van der Waals surface area contributed by atoms with Crippen molar-refractivity contribution in [3.8, 4) is 17.2 Å². The number of esters is 1. The molecule has 0 unspecified atom stereocenters. The zero-order valence-corrected chi connectivity index (χ0v) is 19.6. The predicted molar refractivity (Wildman–Crippen MR) is 128 cm³/mol. The van der Waals surface area contributed by atoms with Gasteiger partial charge in [-0.3, -0.25) is 9.59 Å². The van der Waals surface area contributed by atoms with Gasteiger partial charge in [-0.25, -0.2) is 9.78 Å². The van der Waals surface area contributed by atoms with Crippen LogP contribution in [-0.2, 0) is 14.3 Å². The van der Waals surface area contributed by atoms with Gasteiger partial charge in [-0.1, -0.05) is 23.7 Å². The number of hydrogen-bond acceptors (Lipinski definition) is 8. The van der Waals surface area contributed by atoms with E-state index in [1.54, 1.807) is 36.4 Å². The first-order valence-corrected chi connectivity index (χ1v) is 10.6. The molecule has 0 aliphatic heterocycles. The number of ether oxygens (including phenoxy) is 4. The van der Waals surface area contributed by atoms with Gasteiger partial charge in [-0.15, -0.1) is 0 Å². The van der Waals surface area contributed by atoms with E-state index in [0.717, 1.165) is 0 Å². The lowest BCUT2D eigenvalue weighted by molar-refractivity contribution is -0.119. The Kier molecular flexibility index (Phi) is 8.85. The molecule has 2 N–H and O–H groups in total. The van der Waals surface area contributed by atoms with Crippen molar-refractivity contribution in [3.63, 3.8) is 0 Å². The van der Waals surface area contributed by atoms with Crippen LogP contribution in [0.3, 0.4) is 0 Å². The lowest BCUT2D eigenvalue weighted by Gasteiger charge is -2.13. The van der Waals surface area contributed by atoms with Gasteiger partial charge >= 0.3 is 5.97 Å². The van der Waals surface area contributed by atoms with E-state index in [4.69, 9.17) is 30.5 Å². The maximum atomic E-state index is 12.4. The van der Waals surface area contributed by atoms with E-state index in [0.29, 0.717) is 17.1 Å². The summed E-state index contributed by atoms with van der Waals surface area (Å²) in [5.74, 6) is -0.796. The third-order valence-corrected chi connectivity index (χ3v) is 4.81. The van der Waals surface area contributed by atoms with Gasteiger partial charge in [-0.05, 0) is 42.5 Å². The zero-order valence-electron chi connectivity index (χ0n) is 18.9. The van der Waals surface area contributed by atoms with E-state index in [-0.39, 0.29) is 28.8 Å². The maximum Gasteiger partial charge on any atom is 0.338 e. The molecule has 0 spiro atoms. The summed E-state index contributed by atoms with van der Waals surface area (Å²) in [5.41, 5.74) is 0.927. The van der Waals surface area contributed by atoms with Crippen molar-refractivity contribution in [2.24, 2.45) is 0 Å². The molecule has 11 heteroatoms. The molecule has 1 aromatic heterocycles. The number of para-hydroxylation sites is 2. The predicted octanol–water partition coefficient (Wildman–Crippen LogP) is 3.57. The summed E-state index contributed by atoms with van der Waals surface area (Å²) in [6.07, 6.45) is 1.48. The van der Waals surface area contributed by atoms with E-state index in [2.05, 4.69) is 15.6 Å². The molecular formula is C24H22ClN3O7. The Morgan fingerprint density at radius 2 is 1.51 bits per heavy atom. The van der Waals surface area contributed by atoms with Crippen LogP contribution in [0.4, 0.5) is 11.4 Å². The molecule has 0 saturated carbocycles. The van der Waals surface area contributed by atoms with Crippen LogP contribution < -0.4 is 24.8 Å². The fraction of sp³-hybridized carbons (Fsp3) is 0.167. The molecule has 35 heavy (non-hydrogen) atoms. The number of methoxy groups -OCH3 is 2. The quantitative estimate of drug-likeness (QED) is 0.320. The molecule has 0 aliphatic rings. The number of benzene rings is 2. The van der Waals surface area contributed by atoms with Crippen molar-refractivity contribution in [3.05, 3.63) is 71.5 Å². The molecule has 0 atom stereocenters. The van der Waals surface area contributed by atoms with Crippen molar-refractivity contribution in [1.29, 1.82) is 0 Å². The number of pyridine rings is 1. The molecule has 2 amide bonds. The summed E-state index contributed by atoms with van der Waals surface area (Å²) in [6, 6.07) is 14.4. The van der Waals surface area contributed by atoms with Crippen LogP contribution in [0.15, 0.2) is 60.8 Å². The third kappa shape index (κ3) is 7.08. The molecule has 182 valence electrons. The minimum Gasteiger partial charge on any atom is -0.495 e. The second-order valence-electron chi connectivity index (χ2n) is 6.87. The molecule has 0 bridgehead atoms. The summed E-state index contributed by atoms with van der Waals surface area (Å²) in [5, 5.41) is 5.31. The molecule has 10 nitrogen and oxygen atoms in total. The fourth-order valence-electron chi connectivity index (χ4n) is 2.87. The summed E-state index contributed by atoms with van der Waals surface area (Å²) < 4.78 is 21.0. The van der Waals surface area contributed by atoms with Crippen molar-refractivity contribution in [2.45, 2.75) is 0 Å². The van der Waals surface area contributed by atoms with Gasteiger partial charge in [0.1, 0.15) is 5.75 Å². The Balaban J connectivity index is 1.55. The van der Waals surface area contributed by atoms with Crippen LogP contribution in [-0.4, -0.2) is 50.2 Å². The van der Waals surface area contributed by atoms with Crippen LogP contribution in [0.1, 0.15) is 10.4 Å². The fourth-order valence-corrected chi connectivity index (χ4v) is 3.04. The number of nitrogens with one attached hydrogen (secondary N) is 2. The Hall–Kier alpha value is -4.31. The summed E-state index contributed by atoms with van der Waals surface area (Å²) >= 11 is 5.88. The summed E-state index contributed by atoms with van der Waals surface area (Å²) in [4.78, 5) is 40.5. The number of aromatic nitrogens is 1. The largest absolute Gasteiger partial charge is 0.495 e. The number of amides is 2. The molecule has 0 fully saturated rings.